The lowest BCUT2D eigenvalue weighted by atomic mass is 10.2. The topological polar surface area (TPSA) is 69.5 Å². The average molecular weight is 248 g/mol. The number of nitrogens with one attached hydrogen (secondary N) is 1. The quantitative estimate of drug-likeness (QED) is 0.820. The highest BCUT2D eigenvalue weighted by molar-refractivity contribution is 5.86. The van der Waals surface area contributed by atoms with Crippen molar-refractivity contribution in [2.75, 3.05) is 13.6 Å². The van der Waals surface area contributed by atoms with Gasteiger partial charge in [-0.25, -0.2) is 4.79 Å². The van der Waals surface area contributed by atoms with E-state index in [4.69, 9.17) is 9.52 Å². The van der Waals surface area contributed by atoms with Crippen molar-refractivity contribution < 1.29 is 14.3 Å². The molecular formula is C13H16N2O3. The summed E-state index contributed by atoms with van der Waals surface area (Å²) in [6.07, 6.45) is 4.22. The van der Waals surface area contributed by atoms with Crippen molar-refractivity contribution in [1.29, 1.82) is 0 Å². The van der Waals surface area contributed by atoms with Crippen molar-refractivity contribution in [3.63, 3.8) is 0 Å². The molecule has 0 radical (unpaired) electrons. The average Bonchev–Trinajstić information content (AvgIpc) is 2.96. The minimum Gasteiger partial charge on any atom is -0.475 e. The molecule has 0 saturated heterocycles. The lowest BCUT2D eigenvalue weighted by Crippen LogP contribution is -2.21. The Labute approximate surface area is 105 Å². The molecule has 0 aromatic carbocycles. The molecule has 2 N–H and O–H groups in total. The van der Waals surface area contributed by atoms with Crippen LogP contribution in [-0.2, 0) is 13.0 Å². The summed E-state index contributed by atoms with van der Waals surface area (Å²) in [6, 6.07) is 5.71. The molecule has 2 aromatic heterocycles. The zero-order chi connectivity index (χ0) is 13.0. The minimum absolute atomic E-state index is 0.0294. The Hall–Kier alpha value is -2.01. The Morgan fingerprint density at radius 2 is 2.33 bits per heavy atom. The zero-order valence-corrected chi connectivity index (χ0v) is 10.2. The summed E-state index contributed by atoms with van der Waals surface area (Å²) >= 11 is 0. The van der Waals surface area contributed by atoms with Crippen LogP contribution in [0, 0.1) is 0 Å². The fourth-order valence-electron chi connectivity index (χ4n) is 1.85. The molecule has 0 spiro atoms. The second-order valence-corrected chi connectivity index (χ2v) is 4.26. The van der Waals surface area contributed by atoms with Crippen molar-refractivity contribution in [3.05, 3.63) is 47.7 Å². The first-order valence-corrected chi connectivity index (χ1v) is 5.77. The highest BCUT2D eigenvalue weighted by Gasteiger charge is 2.15. The number of aromatic carboxylic acids is 1. The van der Waals surface area contributed by atoms with Crippen molar-refractivity contribution in [2.45, 2.75) is 13.0 Å². The number of carboxylic acid groups (broad SMARTS) is 1. The molecule has 18 heavy (non-hydrogen) atoms. The largest absolute Gasteiger partial charge is 0.475 e. The van der Waals surface area contributed by atoms with E-state index in [0.717, 1.165) is 13.0 Å². The summed E-state index contributed by atoms with van der Waals surface area (Å²) in [5.41, 5.74) is 1.88. The van der Waals surface area contributed by atoms with Gasteiger partial charge in [0.25, 0.3) is 0 Å². The van der Waals surface area contributed by atoms with Gasteiger partial charge >= 0.3 is 5.97 Å². The van der Waals surface area contributed by atoms with Crippen LogP contribution in [0.1, 0.15) is 21.8 Å². The highest BCUT2D eigenvalue weighted by Crippen LogP contribution is 2.12. The molecule has 2 heterocycles. The van der Waals surface area contributed by atoms with E-state index in [9.17, 15) is 4.79 Å². The van der Waals surface area contributed by atoms with E-state index >= 15 is 0 Å². The SMILES string of the molecule is CN(CCc1ccc[nH]1)Cc1ccoc1C(=O)O. The second-order valence-electron chi connectivity index (χ2n) is 4.26. The summed E-state index contributed by atoms with van der Waals surface area (Å²) in [5, 5.41) is 8.93. The molecule has 2 rings (SSSR count). The maximum atomic E-state index is 10.9. The monoisotopic (exact) mass is 248 g/mol. The maximum absolute atomic E-state index is 10.9. The Kier molecular flexibility index (Phi) is 3.84. The third-order valence-electron chi connectivity index (χ3n) is 2.81. The number of hydrogen-bond donors (Lipinski definition) is 2. The van der Waals surface area contributed by atoms with Gasteiger partial charge in [-0.15, -0.1) is 0 Å². The van der Waals surface area contributed by atoms with Crippen LogP contribution < -0.4 is 0 Å². The van der Waals surface area contributed by atoms with E-state index < -0.39 is 5.97 Å². The Bertz CT molecular complexity index is 502. The number of likely N-dealkylation sites (N-methyl/N-ethyl adjacent to an activating group) is 1. The van der Waals surface area contributed by atoms with Crippen LogP contribution in [0.5, 0.6) is 0 Å². The lowest BCUT2D eigenvalue weighted by Gasteiger charge is -2.15. The van der Waals surface area contributed by atoms with Crippen molar-refractivity contribution >= 4 is 5.97 Å². The molecule has 0 aliphatic heterocycles. The number of nitrogens with zero attached hydrogens (tertiary/aromatic N) is 1. The third-order valence-corrected chi connectivity index (χ3v) is 2.81. The number of aromatic nitrogens is 1. The van der Waals surface area contributed by atoms with Crippen molar-refractivity contribution in [3.8, 4) is 0 Å². The van der Waals surface area contributed by atoms with Crippen LogP contribution in [0.3, 0.4) is 0 Å². The molecule has 96 valence electrons. The van der Waals surface area contributed by atoms with Crippen LogP contribution in [0.4, 0.5) is 0 Å². The van der Waals surface area contributed by atoms with Gasteiger partial charge in [0, 0.05) is 37.0 Å². The predicted molar refractivity (Wildman–Crippen MR) is 66.5 cm³/mol. The van der Waals surface area contributed by atoms with Gasteiger partial charge in [0.15, 0.2) is 0 Å². The van der Waals surface area contributed by atoms with Crippen molar-refractivity contribution in [1.82, 2.24) is 9.88 Å². The first-order valence-electron chi connectivity index (χ1n) is 5.77. The molecule has 0 saturated carbocycles. The number of rotatable bonds is 6. The van der Waals surface area contributed by atoms with Crippen LogP contribution in [-0.4, -0.2) is 34.6 Å². The van der Waals surface area contributed by atoms with Gasteiger partial charge in [-0.3, -0.25) is 0 Å². The molecule has 0 amide bonds. The molecular weight excluding hydrogens is 232 g/mol. The second kappa shape index (κ2) is 5.55. The summed E-state index contributed by atoms with van der Waals surface area (Å²) in [5.74, 6) is -0.991. The van der Waals surface area contributed by atoms with Gasteiger partial charge < -0.3 is 19.4 Å². The van der Waals surface area contributed by atoms with Gasteiger partial charge in [0.05, 0.1) is 6.26 Å². The zero-order valence-electron chi connectivity index (χ0n) is 10.2. The summed E-state index contributed by atoms with van der Waals surface area (Å²) in [4.78, 5) is 16.1. The van der Waals surface area contributed by atoms with E-state index in [1.54, 1.807) is 6.07 Å². The minimum atomic E-state index is -1.02. The predicted octanol–water partition coefficient (Wildman–Crippen LogP) is 1.98. The summed E-state index contributed by atoms with van der Waals surface area (Å²) in [6.45, 7) is 1.42. The van der Waals surface area contributed by atoms with E-state index in [2.05, 4.69) is 9.88 Å². The van der Waals surface area contributed by atoms with Gasteiger partial charge in [-0.05, 0) is 25.2 Å². The third kappa shape index (κ3) is 3.01. The maximum Gasteiger partial charge on any atom is 0.372 e. The first kappa shape index (κ1) is 12.4. The molecule has 0 unspecified atom stereocenters. The number of carbonyl (C=O) groups is 1. The van der Waals surface area contributed by atoms with Gasteiger partial charge in [-0.2, -0.15) is 0 Å². The molecule has 0 aliphatic rings. The van der Waals surface area contributed by atoms with E-state index in [1.165, 1.54) is 12.0 Å². The first-order chi connectivity index (χ1) is 8.66. The number of hydrogen-bond acceptors (Lipinski definition) is 3. The fraction of sp³-hybridized carbons (Fsp3) is 0.308. The number of furan rings is 1. The molecule has 0 atom stereocenters. The summed E-state index contributed by atoms with van der Waals surface area (Å²) < 4.78 is 4.94. The molecule has 5 heteroatoms. The summed E-state index contributed by atoms with van der Waals surface area (Å²) in [7, 11) is 1.96. The lowest BCUT2D eigenvalue weighted by molar-refractivity contribution is 0.0659. The number of aromatic amines is 1. The van der Waals surface area contributed by atoms with Gasteiger partial charge in [0.1, 0.15) is 0 Å². The van der Waals surface area contributed by atoms with Crippen LogP contribution in [0.2, 0.25) is 0 Å². The fourth-order valence-corrected chi connectivity index (χ4v) is 1.85. The Morgan fingerprint density at radius 3 is 3.00 bits per heavy atom. The van der Waals surface area contributed by atoms with Crippen LogP contribution >= 0.6 is 0 Å². The Balaban J connectivity index is 1.88. The van der Waals surface area contributed by atoms with Gasteiger partial charge in [-0.1, -0.05) is 0 Å². The molecule has 0 fully saturated rings. The van der Waals surface area contributed by atoms with Crippen molar-refractivity contribution in [2.24, 2.45) is 0 Å². The normalized spacial score (nSPS) is 11.0. The molecule has 0 aliphatic carbocycles. The number of carboxylic acids is 1. The highest BCUT2D eigenvalue weighted by atomic mass is 16.4. The molecule has 0 bridgehead atoms. The Morgan fingerprint density at radius 1 is 1.50 bits per heavy atom. The van der Waals surface area contributed by atoms with E-state index in [1.807, 2.05) is 25.4 Å². The van der Waals surface area contributed by atoms with Crippen LogP contribution in [0.25, 0.3) is 0 Å². The number of H-pyrrole nitrogens is 1. The smallest absolute Gasteiger partial charge is 0.372 e. The van der Waals surface area contributed by atoms with Crippen LogP contribution in [0.15, 0.2) is 35.1 Å². The standard InChI is InChI=1S/C13H16N2O3/c1-15(7-4-11-3-2-6-14-11)9-10-5-8-18-12(10)13(16)17/h2-3,5-6,8,14H,4,7,9H2,1H3,(H,16,17). The van der Waals surface area contributed by atoms with Gasteiger partial charge in [0.2, 0.25) is 5.76 Å². The van der Waals surface area contributed by atoms with E-state index in [-0.39, 0.29) is 5.76 Å². The van der Waals surface area contributed by atoms with E-state index in [0.29, 0.717) is 12.1 Å². The molecule has 5 nitrogen and oxygen atoms in total. The molecule has 2 aromatic rings.